The van der Waals surface area contributed by atoms with Gasteiger partial charge >= 0.3 is 0 Å². The number of ether oxygens (including phenoxy) is 1. The monoisotopic (exact) mass is 424 g/mol. The van der Waals surface area contributed by atoms with E-state index in [0.29, 0.717) is 17.1 Å². The normalized spacial score (nSPS) is 10.8. The lowest BCUT2D eigenvalue weighted by molar-refractivity contribution is 0.0736. The van der Waals surface area contributed by atoms with Crippen LogP contribution in [0.2, 0.25) is 5.02 Å². The second-order valence-electron chi connectivity index (χ2n) is 7.42. The van der Waals surface area contributed by atoms with Gasteiger partial charge in [0.15, 0.2) is 0 Å². The topological polar surface area (TPSA) is 34.5 Å². The molecular formula is C25H29ClN2O2. The van der Waals surface area contributed by atoms with Gasteiger partial charge in [-0.05, 0) is 60.5 Å². The lowest BCUT2D eigenvalue weighted by Crippen LogP contribution is -2.32. The number of hydrogen-bond acceptors (Lipinski definition) is 2. The first-order chi connectivity index (χ1) is 14.6. The third-order valence-corrected chi connectivity index (χ3v) is 5.43. The van der Waals surface area contributed by atoms with Gasteiger partial charge in [-0.25, -0.2) is 0 Å². The molecule has 5 heteroatoms. The van der Waals surface area contributed by atoms with E-state index in [0.717, 1.165) is 49.4 Å². The highest BCUT2D eigenvalue weighted by molar-refractivity contribution is 6.30. The summed E-state index contributed by atoms with van der Waals surface area (Å²) >= 11 is 6.00. The van der Waals surface area contributed by atoms with Crippen LogP contribution in [0.5, 0.6) is 5.75 Å². The van der Waals surface area contributed by atoms with E-state index in [4.69, 9.17) is 16.3 Å². The summed E-state index contributed by atoms with van der Waals surface area (Å²) in [6.45, 7) is 4.21. The van der Waals surface area contributed by atoms with Crippen LogP contribution in [0.15, 0.2) is 66.9 Å². The molecule has 3 rings (SSSR count). The zero-order valence-corrected chi connectivity index (χ0v) is 18.4. The standard InChI is InChI=1S/C25H29ClN2O2/c1-3-4-5-15-28(25(29)21-11-13-22(26)14-12-21)19-23-9-7-16-27(23)18-20-8-6-10-24(17-20)30-2/h6-14,16-17H,3-5,15,18-19H2,1-2H3. The molecule has 0 atom stereocenters. The number of hydrogen-bond donors (Lipinski definition) is 0. The molecule has 1 heterocycles. The Morgan fingerprint density at radius 1 is 1.07 bits per heavy atom. The summed E-state index contributed by atoms with van der Waals surface area (Å²) in [6.07, 6.45) is 5.28. The van der Waals surface area contributed by atoms with Gasteiger partial charge in [0.25, 0.3) is 5.91 Å². The Kier molecular flexibility index (Phi) is 7.97. The van der Waals surface area contributed by atoms with Crippen molar-refractivity contribution in [3.05, 3.63) is 88.7 Å². The van der Waals surface area contributed by atoms with Gasteiger partial charge in [-0.1, -0.05) is 43.5 Å². The van der Waals surface area contributed by atoms with Crippen LogP contribution in [0.4, 0.5) is 0 Å². The van der Waals surface area contributed by atoms with E-state index in [1.54, 1.807) is 31.4 Å². The number of nitrogens with zero attached hydrogens (tertiary/aromatic N) is 2. The highest BCUT2D eigenvalue weighted by Gasteiger charge is 2.17. The maximum atomic E-state index is 13.2. The average molecular weight is 425 g/mol. The second kappa shape index (κ2) is 10.9. The molecule has 0 N–H and O–H groups in total. The number of amides is 1. The Bertz CT molecular complexity index is 950. The molecule has 0 unspecified atom stereocenters. The molecule has 0 saturated carbocycles. The summed E-state index contributed by atoms with van der Waals surface area (Å²) < 4.78 is 7.53. The minimum Gasteiger partial charge on any atom is -0.497 e. The summed E-state index contributed by atoms with van der Waals surface area (Å²) in [7, 11) is 1.68. The van der Waals surface area contributed by atoms with Crippen LogP contribution < -0.4 is 4.74 Å². The molecule has 0 aliphatic heterocycles. The Morgan fingerprint density at radius 3 is 2.60 bits per heavy atom. The first kappa shape index (κ1) is 22.0. The smallest absolute Gasteiger partial charge is 0.254 e. The highest BCUT2D eigenvalue weighted by atomic mass is 35.5. The van der Waals surface area contributed by atoms with Gasteiger partial charge in [0.2, 0.25) is 0 Å². The van der Waals surface area contributed by atoms with Crippen molar-refractivity contribution in [3.63, 3.8) is 0 Å². The van der Waals surface area contributed by atoms with Crippen LogP contribution in [0.25, 0.3) is 0 Å². The van der Waals surface area contributed by atoms with Crippen LogP contribution in [-0.4, -0.2) is 29.0 Å². The maximum absolute atomic E-state index is 13.2. The Balaban J connectivity index is 1.78. The van der Waals surface area contributed by atoms with Crippen LogP contribution >= 0.6 is 11.6 Å². The molecule has 0 radical (unpaired) electrons. The number of halogens is 1. The van der Waals surface area contributed by atoms with E-state index in [2.05, 4.69) is 29.8 Å². The molecular weight excluding hydrogens is 396 g/mol. The average Bonchev–Trinajstić information content (AvgIpc) is 3.20. The molecule has 2 aromatic carbocycles. The minimum absolute atomic E-state index is 0.0388. The molecule has 0 aliphatic carbocycles. The molecule has 30 heavy (non-hydrogen) atoms. The number of rotatable bonds is 10. The van der Waals surface area contributed by atoms with Gasteiger partial charge in [-0.2, -0.15) is 0 Å². The molecule has 0 saturated heterocycles. The van der Waals surface area contributed by atoms with Gasteiger partial charge in [-0.15, -0.1) is 0 Å². The van der Waals surface area contributed by atoms with Crippen LogP contribution in [-0.2, 0) is 13.1 Å². The lowest BCUT2D eigenvalue weighted by Gasteiger charge is -2.24. The lowest BCUT2D eigenvalue weighted by atomic mass is 10.1. The molecule has 1 amide bonds. The highest BCUT2D eigenvalue weighted by Crippen LogP contribution is 2.18. The second-order valence-corrected chi connectivity index (χ2v) is 7.86. The minimum atomic E-state index is 0.0388. The van der Waals surface area contributed by atoms with Crippen molar-refractivity contribution in [3.8, 4) is 5.75 Å². The molecule has 0 bridgehead atoms. The Morgan fingerprint density at radius 2 is 1.87 bits per heavy atom. The summed E-state index contributed by atoms with van der Waals surface area (Å²) in [5, 5.41) is 0.635. The fourth-order valence-corrected chi connectivity index (χ4v) is 3.62. The molecule has 0 fully saturated rings. The largest absolute Gasteiger partial charge is 0.497 e. The zero-order chi connectivity index (χ0) is 21.3. The van der Waals surface area contributed by atoms with E-state index in [-0.39, 0.29) is 5.91 Å². The fourth-order valence-electron chi connectivity index (χ4n) is 3.49. The van der Waals surface area contributed by atoms with Crippen molar-refractivity contribution in [2.75, 3.05) is 13.7 Å². The van der Waals surface area contributed by atoms with Gasteiger partial charge in [-0.3, -0.25) is 4.79 Å². The number of aromatic nitrogens is 1. The van der Waals surface area contributed by atoms with Crippen LogP contribution in [0, 0.1) is 0 Å². The Labute approximate surface area is 184 Å². The van der Waals surface area contributed by atoms with Gasteiger partial charge in [0.1, 0.15) is 5.75 Å². The number of benzene rings is 2. The quantitative estimate of drug-likeness (QED) is 0.372. The molecule has 3 aromatic rings. The number of unbranched alkanes of at least 4 members (excludes halogenated alkanes) is 2. The first-order valence-corrected chi connectivity index (χ1v) is 10.8. The van der Waals surface area contributed by atoms with Crippen molar-refractivity contribution in [2.45, 2.75) is 39.3 Å². The number of carbonyl (C=O) groups is 1. The third kappa shape index (κ3) is 5.90. The number of carbonyl (C=O) groups excluding carboxylic acids is 1. The fraction of sp³-hybridized carbons (Fsp3) is 0.320. The summed E-state index contributed by atoms with van der Waals surface area (Å²) in [5.41, 5.74) is 2.94. The van der Waals surface area contributed by atoms with Crippen LogP contribution in [0.1, 0.15) is 47.8 Å². The Hall–Kier alpha value is -2.72. The maximum Gasteiger partial charge on any atom is 0.254 e. The van der Waals surface area contributed by atoms with E-state index >= 15 is 0 Å². The zero-order valence-electron chi connectivity index (χ0n) is 17.7. The summed E-state index contributed by atoms with van der Waals surface area (Å²) in [4.78, 5) is 15.1. The molecule has 158 valence electrons. The van der Waals surface area contributed by atoms with E-state index in [9.17, 15) is 4.79 Å². The van der Waals surface area contributed by atoms with E-state index in [1.165, 1.54) is 0 Å². The third-order valence-electron chi connectivity index (χ3n) is 5.17. The van der Waals surface area contributed by atoms with Gasteiger partial charge in [0.05, 0.1) is 13.7 Å². The van der Waals surface area contributed by atoms with Crippen molar-refractivity contribution in [1.82, 2.24) is 9.47 Å². The van der Waals surface area contributed by atoms with Crippen molar-refractivity contribution in [2.24, 2.45) is 0 Å². The molecule has 1 aromatic heterocycles. The predicted octanol–water partition coefficient (Wildman–Crippen LogP) is 6.03. The number of methoxy groups -OCH3 is 1. The first-order valence-electron chi connectivity index (χ1n) is 10.4. The van der Waals surface area contributed by atoms with Crippen molar-refractivity contribution >= 4 is 17.5 Å². The van der Waals surface area contributed by atoms with E-state index < -0.39 is 0 Å². The van der Waals surface area contributed by atoms with E-state index in [1.807, 2.05) is 29.2 Å². The molecule has 4 nitrogen and oxygen atoms in total. The van der Waals surface area contributed by atoms with Crippen molar-refractivity contribution < 1.29 is 9.53 Å². The summed E-state index contributed by atoms with van der Waals surface area (Å²) in [6, 6.07) is 19.3. The SMILES string of the molecule is CCCCCN(Cc1cccn1Cc1cccc(OC)c1)C(=O)c1ccc(Cl)cc1. The van der Waals surface area contributed by atoms with Crippen LogP contribution in [0.3, 0.4) is 0 Å². The van der Waals surface area contributed by atoms with Gasteiger partial charge in [0, 0.05) is 35.6 Å². The molecule has 0 spiro atoms. The van der Waals surface area contributed by atoms with Crippen molar-refractivity contribution in [1.29, 1.82) is 0 Å². The summed E-state index contributed by atoms with van der Waals surface area (Å²) in [5.74, 6) is 0.886. The van der Waals surface area contributed by atoms with Gasteiger partial charge < -0.3 is 14.2 Å². The molecule has 0 aliphatic rings. The predicted molar refractivity (Wildman–Crippen MR) is 122 cm³/mol.